The van der Waals surface area contributed by atoms with E-state index in [1.54, 1.807) is 0 Å². The van der Waals surface area contributed by atoms with Crippen LogP contribution in [-0.4, -0.2) is 70.2 Å². The van der Waals surface area contributed by atoms with Crippen LogP contribution in [0.25, 0.3) is 0 Å². The first kappa shape index (κ1) is 13.2. The summed E-state index contributed by atoms with van der Waals surface area (Å²) in [6.07, 6.45) is -4.00. The van der Waals surface area contributed by atoms with Gasteiger partial charge in [-0.25, -0.2) is 0 Å². The van der Waals surface area contributed by atoms with E-state index in [0.717, 1.165) is 27.9 Å². The molecule has 0 aromatic carbocycles. The van der Waals surface area contributed by atoms with Crippen LogP contribution in [0.3, 0.4) is 0 Å². The fraction of sp³-hybridized carbons (Fsp3) is 0.833. The number of nitrogens with zero attached hydrogens (tertiary/aromatic N) is 1. The number of halogens is 3. The van der Waals surface area contributed by atoms with Crippen molar-refractivity contribution in [1.29, 1.82) is 0 Å². The van der Waals surface area contributed by atoms with Crippen molar-refractivity contribution < 1.29 is 23.1 Å². The van der Waals surface area contributed by atoms with Crippen LogP contribution in [-0.2, 0) is 4.79 Å². The van der Waals surface area contributed by atoms with Gasteiger partial charge in [0.05, 0.1) is 0 Å². The van der Waals surface area contributed by atoms with E-state index < -0.39 is 12.7 Å². The Morgan fingerprint density at radius 2 is 1.92 bits per heavy atom. The van der Waals surface area contributed by atoms with Gasteiger partial charge >= 0.3 is 75.0 Å². The molecule has 0 radical (unpaired) electrons. The summed E-state index contributed by atoms with van der Waals surface area (Å²) >= 11 is 1.03. The Kier molecular flexibility index (Phi) is 5.95. The van der Waals surface area contributed by atoms with Crippen molar-refractivity contribution in [3.8, 4) is 0 Å². The standard InChI is InChI=1S/C5H7F3N.CH2O2.Na/c6-5(7,8)4-9-2-1-3-9;2-1-3;/h1H,2-4H2;1H,(H,2,3);. The van der Waals surface area contributed by atoms with E-state index >= 15 is 0 Å². The molecule has 0 atom stereocenters. The number of likely N-dealkylation sites (tertiary alicyclic amines) is 1. The van der Waals surface area contributed by atoms with E-state index in [9.17, 15) is 13.2 Å². The Hall–Kier alpha value is 0.220. The largest absolute Gasteiger partial charge is 0.483 e. The molecule has 1 rings (SSSR count). The maximum atomic E-state index is 11.6. The minimum absolute atomic E-state index is 0.250. The molecule has 0 amide bonds. The van der Waals surface area contributed by atoms with Crippen molar-refractivity contribution in [2.75, 3.05) is 19.6 Å². The summed E-state index contributed by atoms with van der Waals surface area (Å²) in [5.74, 6) is 0. The van der Waals surface area contributed by atoms with Crippen LogP contribution >= 0.6 is 0 Å². The van der Waals surface area contributed by atoms with Crippen molar-refractivity contribution >= 4 is 34.4 Å². The third-order valence-electron chi connectivity index (χ3n) is 1.54. The second-order valence-corrected chi connectivity index (χ2v) is 4.65. The fourth-order valence-electron chi connectivity index (χ4n) is 1.21. The van der Waals surface area contributed by atoms with Gasteiger partial charge in [-0.3, -0.25) is 4.79 Å². The van der Waals surface area contributed by atoms with Crippen molar-refractivity contribution in [2.24, 2.45) is 0 Å². The predicted octanol–water partition coefficient (Wildman–Crippen LogP) is 0.522. The van der Waals surface area contributed by atoms with E-state index in [1.165, 1.54) is 4.90 Å². The Bertz CT molecular complexity index is 158. The van der Waals surface area contributed by atoms with E-state index in [0.29, 0.717) is 16.3 Å². The van der Waals surface area contributed by atoms with Crippen LogP contribution < -0.4 is 0 Å². The zero-order valence-corrected chi connectivity index (χ0v) is 9.21. The van der Waals surface area contributed by atoms with Crippen molar-refractivity contribution in [3.05, 3.63) is 0 Å². The van der Waals surface area contributed by atoms with Gasteiger partial charge in [-0.15, -0.1) is 0 Å². The summed E-state index contributed by atoms with van der Waals surface area (Å²) in [5.41, 5.74) is 0. The summed E-state index contributed by atoms with van der Waals surface area (Å²) in [6, 6.07) is 0. The molecule has 0 spiro atoms. The second kappa shape index (κ2) is 5.85. The molecule has 1 aliphatic heterocycles. The van der Waals surface area contributed by atoms with Gasteiger partial charge in [0.15, 0.2) is 0 Å². The van der Waals surface area contributed by atoms with Gasteiger partial charge < -0.3 is 5.11 Å². The van der Waals surface area contributed by atoms with Gasteiger partial charge in [0.2, 0.25) is 0 Å². The van der Waals surface area contributed by atoms with Crippen LogP contribution in [0, 0.1) is 0 Å². The van der Waals surface area contributed by atoms with Crippen LogP contribution in [0.2, 0.25) is 3.17 Å². The molecule has 0 aliphatic carbocycles. The smallest absolute Gasteiger partial charge is 0.290 e. The second-order valence-electron chi connectivity index (χ2n) is 3.02. The first-order valence-electron chi connectivity index (χ1n) is 3.76. The number of alkyl halides is 3. The van der Waals surface area contributed by atoms with Gasteiger partial charge in [-0.05, 0) is 0 Å². The minimum Gasteiger partial charge on any atom is -0.483 e. The Balaban J connectivity index is 0.000000424. The van der Waals surface area contributed by atoms with Crippen LogP contribution in [0.1, 0.15) is 0 Å². The normalized spacial score (nSPS) is 18.5. The molecule has 1 heterocycles. The molecule has 0 aromatic heterocycles. The Labute approximate surface area is 91.3 Å². The first-order chi connectivity index (χ1) is 5.89. The van der Waals surface area contributed by atoms with Gasteiger partial charge in [0.1, 0.15) is 0 Å². The predicted molar refractivity (Wildman–Crippen MR) is 40.7 cm³/mol. The molecule has 3 nitrogen and oxygen atoms in total. The van der Waals surface area contributed by atoms with Gasteiger partial charge in [0, 0.05) is 0 Å². The fourth-order valence-corrected chi connectivity index (χ4v) is 2.24. The van der Waals surface area contributed by atoms with E-state index in [2.05, 4.69) is 0 Å². The monoisotopic (exact) mass is 207 g/mol. The minimum atomic E-state index is -4.00. The number of hydrogen-bond donors (Lipinski definition) is 1. The average Bonchev–Trinajstić information content (AvgIpc) is 1.82. The maximum absolute atomic E-state index is 11.6. The van der Waals surface area contributed by atoms with E-state index in [-0.39, 0.29) is 6.47 Å². The van der Waals surface area contributed by atoms with Crippen LogP contribution in [0.15, 0.2) is 0 Å². The summed E-state index contributed by atoms with van der Waals surface area (Å²) in [5, 5.41) is 6.89. The summed E-state index contributed by atoms with van der Waals surface area (Å²) in [6.45, 7) is 0.350. The molecule has 1 saturated heterocycles. The van der Waals surface area contributed by atoms with Gasteiger partial charge in [0.25, 0.3) is 6.47 Å². The molecule has 1 fully saturated rings. The number of carbonyl (C=O) groups is 1. The number of rotatable bonds is 1. The maximum Gasteiger partial charge on any atom is 0.290 e. The molecule has 13 heavy (non-hydrogen) atoms. The number of carboxylic acid groups (broad SMARTS) is 1. The SMILES string of the molecule is FC(F)(F)CN1C[CH]([Na])C1.O=CO. The topological polar surface area (TPSA) is 40.5 Å². The van der Waals surface area contributed by atoms with Crippen molar-refractivity contribution in [2.45, 2.75) is 9.34 Å². The Morgan fingerprint density at radius 1 is 1.54 bits per heavy atom. The molecular formula is C6H9F3NNaO2. The third-order valence-corrected chi connectivity index (χ3v) is 2.27. The third kappa shape index (κ3) is 7.30. The summed E-state index contributed by atoms with van der Waals surface area (Å²) in [4.78, 5) is 9.80. The molecule has 0 unspecified atom stereocenters. The van der Waals surface area contributed by atoms with E-state index in [1.807, 2.05) is 0 Å². The Morgan fingerprint density at radius 3 is 2.15 bits per heavy atom. The molecule has 7 heteroatoms. The molecule has 1 N–H and O–H groups in total. The molecule has 1 aliphatic rings. The molecule has 0 bridgehead atoms. The van der Waals surface area contributed by atoms with Crippen molar-refractivity contribution in [3.63, 3.8) is 0 Å². The summed E-state index contributed by atoms with van der Waals surface area (Å²) < 4.78 is 35.5. The van der Waals surface area contributed by atoms with E-state index in [4.69, 9.17) is 9.90 Å². The van der Waals surface area contributed by atoms with Crippen LogP contribution in [0.4, 0.5) is 13.2 Å². The van der Waals surface area contributed by atoms with Crippen LogP contribution in [0.5, 0.6) is 0 Å². The molecule has 0 aromatic rings. The quantitative estimate of drug-likeness (QED) is 0.503. The van der Waals surface area contributed by atoms with Gasteiger partial charge in [-0.1, -0.05) is 0 Å². The zero-order chi connectivity index (χ0) is 10.5. The first-order valence-corrected chi connectivity index (χ1v) is 4.91. The average molecular weight is 207 g/mol. The zero-order valence-electron chi connectivity index (χ0n) is 7.21. The number of hydrogen-bond acceptors (Lipinski definition) is 2. The molecule has 0 saturated carbocycles. The molecule has 72 valence electrons. The summed E-state index contributed by atoms with van der Waals surface area (Å²) in [7, 11) is 0. The van der Waals surface area contributed by atoms with Crippen molar-refractivity contribution in [1.82, 2.24) is 4.90 Å². The van der Waals surface area contributed by atoms with Gasteiger partial charge in [-0.2, -0.15) is 0 Å². The molecular weight excluding hydrogens is 198 g/mol.